The minimum atomic E-state index is -0.357. The van der Waals surface area contributed by atoms with E-state index in [1.54, 1.807) is 12.1 Å². The Labute approximate surface area is 139 Å². The van der Waals surface area contributed by atoms with Crippen LogP contribution in [0.1, 0.15) is 17.0 Å². The van der Waals surface area contributed by atoms with Gasteiger partial charge >= 0.3 is 0 Å². The number of carbonyl (C=O) groups is 1. The van der Waals surface area contributed by atoms with Gasteiger partial charge in [0.25, 0.3) is 5.91 Å². The van der Waals surface area contributed by atoms with E-state index in [4.69, 9.17) is 9.26 Å². The van der Waals surface area contributed by atoms with Crippen molar-refractivity contribution >= 4 is 5.91 Å². The maximum Gasteiger partial charge on any atom is 0.289 e. The van der Waals surface area contributed by atoms with E-state index in [0.29, 0.717) is 17.8 Å². The van der Waals surface area contributed by atoms with Crippen molar-refractivity contribution < 1.29 is 18.4 Å². The molecule has 1 aliphatic rings. The predicted octanol–water partition coefficient (Wildman–Crippen LogP) is 1.93. The summed E-state index contributed by atoms with van der Waals surface area (Å²) >= 11 is 0. The molecule has 0 unspecified atom stereocenters. The minimum absolute atomic E-state index is 0.126. The minimum Gasteiger partial charge on any atom is -0.379 e. The van der Waals surface area contributed by atoms with E-state index >= 15 is 0 Å². The summed E-state index contributed by atoms with van der Waals surface area (Å²) < 4.78 is 23.6. The third kappa shape index (κ3) is 4.39. The van der Waals surface area contributed by atoms with Gasteiger partial charge in [-0.15, -0.1) is 0 Å². The van der Waals surface area contributed by atoms with Crippen LogP contribution in [0.25, 0.3) is 11.3 Å². The molecule has 24 heavy (non-hydrogen) atoms. The SMILES string of the molecule is O=C(NCCCN1CCOCC1)c1cc(-c2cccc(F)c2)no1. The summed E-state index contributed by atoms with van der Waals surface area (Å²) in [5, 5.41) is 6.64. The molecule has 2 aromatic rings. The summed E-state index contributed by atoms with van der Waals surface area (Å²) in [6.45, 7) is 4.90. The van der Waals surface area contributed by atoms with Gasteiger partial charge in [0.2, 0.25) is 5.76 Å². The van der Waals surface area contributed by atoms with Crippen molar-refractivity contribution in [1.82, 2.24) is 15.4 Å². The van der Waals surface area contributed by atoms with Crippen molar-refractivity contribution in [3.63, 3.8) is 0 Å². The Balaban J connectivity index is 1.47. The first-order valence-corrected chi connectivity index (χ1v) is 8.03. The topological polar surface area (TPSA) is 67.6 Å². The number of aromatic nitrogens is 1. The van der Waals surface area contributed by atoms with Crippen LogP contribution in [0.15, 0.2) is 34.9 Å². The largest absolute Gasteiger partial charge is 0.379 e. The lowest BCUT2D eigenvalue weighted by Gasteiger charge is -2.26. The maximum absolute atomic E-state index is 13.2. The Morgan fingerprint density at radius 2 is 2.12 bits per heavy atom. The van der Waals surface area contributed by atoms with Crippen molar-refractivity contribution in [2.75, 3.05) is 39.4 Å². The summed E-state index contributed by atoms with van der Waals surface area (Å²) in [5.74, 6) is -0.544. The number of benzene rings is 1. The molecule has 3 rings (SSSR count). The Hall–Kier alpha value is -2.25. The third-order valence-electron chi connectivity index (χ3n) is 3.89. The smallest absolute Gasteiger partial charge is 0.289 e. The lowest BCUT2D eigenvalue weighted by Crippen LogP contribution is -2.38. The van der Waals surface area contributed by atoms with Crippen molar-refractivity contribution in [2.24, 2.45) is 0 Å². The number of morpholine rings is 1. The van der Waals surface area contributed by atoms with Crippen molar-refractivity contribution in [2.45, 2.75) is 6.42 Å². The van der Waals surface area contributed by atoms with Crippen LogP contribution < -0.4 is 5.32 Å². The molecule has 1 aromatic heterocycles. The van der Waals surface area contributed by atoms with Gasteiger partial charge < -0.3 is 14.6 Å². The molecule has 1 aromatic carbocycles. The fourth-order valence-corrected chi connectivity index (χ4v) is 2.58. The summed E-state index contributed by atoms with van der Waals surface area (Å²) in [7, 11) is 0. The molecule has 0 atom stereocenters. The molecule has 1 N–H and O–H groups in total. The van der Waals surface area contributed by atoms with E-state index in [1.807, 2.05) is 0 Å². The van der Waals surface area contributed by atoms with Crippen molar-refractivity contribution in [1.29, 1.82) is 0 Å². The van der Waals surface area contributed by atoms with Gasteiger partial charge in [-0.2, -0.15) is 0 Å². The normalized spacial score (nSPS) is 15.4. The number of carbonyl (C=O) groups excluding carboxylic acids is 1. The monoisotopic (exact) mass is 333 g/mol. The lowest BCUT2D eigenvalue weighted by molar-refractivity contribution is 0.0374. The molecule has 1 aliphatic heterocycles. The Morgan fingerprint density at radius 1 is 1.29 bits per heavy atom. The molecule has 1 amide bonds. The van der Waals surface area contributed by atoms with Gasteiger partial charge in [-0.3, -0.25) is 9.69 Å². The zero-order valence-electron chi connectivity index (χ0n) is 13.3. The number of ether oxygens (including phenoxy) is 1. The molecule has 0 aliphatic carbocycles. The van der Waals surface area contributed by atoms with Crippen LogP contribution in [0, 0.1) is 5.82 Å². The van der Waals surface area contributed by atoms with Crippen LogP contribution in [0.3, 0.4) is 0 Å². The fourth-order valence-electron chi connectivity index (χ4n) is 2.58. The van der Waals surface area contributed by atoms with Gasteiger partial charge in [0.05, 0.1) is 13.2 Å². The van der Waals surface area contributed by atoms with E-state index in [0.717, 1.165) is 39.3 Å². The summed E-state index contributed by atoms with van der Waals surface area (Å²) in [6, 6.07) is 7.52. The number of amides is 1. The lowest BCUT2D eigenvalue weighted by atomic mass is 10.1. The molecule has 0 radical (unpaired) electrons. The molecule has 0 saturated carbocycles. The molecule has 128 valence electrons. The highest BCUT2D eigenvalue weighted by molar-refractivity contribution is 5.92. The van der Waals surface area contributed by atoms with E-state index in [2.05, 4.69) is 15.4 Å². The Kier molecular flexibility index (Phi) is 5.55. The second-order valence-corrected chi connectivity index (χ2v) is 5.65. The van der Waals surface area contributed by atoms with Crippen molar-refractivity contribution in [3.8, 4) is 11.3 Å². The van der Waals surface area contributed by atoms with Gasteiger partial charge in [-0.25, -0.2) is 4.39 Å². The fraction of sp³-hybridized carbons (Fsp3) is 0.412. The van der Waals surface area contributed by atoms with E-state index in [9.17, 15) is 9.18 Å². The van der Waals surface area contributed by atoms with E-state index in [-0.39, 0.29) is 17.5 Å². The van der Waals surface area contributed by atoms with Gasteiger partial charge in [-0.05, 0) is 25.1 Å². The number of nitrogens with one attached hydrogen (secondary N) is 1. The Bertz CT molecular complexity index is 683. The second-order valence-electron chi connectivity index (χ2n) is 5.65. The molecule has 2 heterocycles. The van der Waals surface area contributed by atoms with Crippen molar-refractivity contribution in [3.05, 3.63) is 41.9 Å². The first-order chi connectivity index (χ1) is 11.7. The average Bonchev–Trinajstić information content (AvgIpc) is 3.10. The van der Waals surface area contributed by atoms with Crippen LogP contribution >= 0.6 is 0 Å². The highest BCUT2D eigenvalue weighted by Crippen LogP contribution is 2.19. The Morgan fingerprint density at radius 3 is 2.92 bits per heavy atom. The summed E-state index contributed by atoms with van der Waals surface area (Å²) in [6.07, 6.45) is 0.858. The molecule has 0 spiro atoms. The maximum atomic E-state index is 13.2. The quantitative estimate of drug-likeness (QED) is 0.818. The van der Waals surface area contributed by atoms with Crippen LogP contribution in [0.5, 0.6) is 0 Å². The number of halogens is 1. The van der Waals surface area contributed by atoms with Crippen LogP contribution in [-0.2, 0) is 4.74 Å². The van der Waals surface area contributed by atoms with E-state index in [1.165, 1.54) is 18.2 Å². The van der Waals surface area contributed by atoms with Gasteiger partial charge in [0.1, 0.15) is 11.5 Å². The standard InChI is InChI=1S/C17H20FN3O3/c18-14-4-1-3-13(11-14)15-12-16(24-20-15)17(22)19-5-2-6-21-7-9-23-10-8-21/h1,3-4,11-12H,2,5-10H2,(H,19,22). The first kappa shape index (κ1) is 16.6. The van der Waals surface area contributed by atoms with Gasteiger partial charge in [0.15, 0.2) is 0 Å². The molecular weight excluding hydrogens is 313 g/mol. The van der Waals surface area contributed by atoms with E-state index < -0.39 is 0 Å². The first-order valence-electron chi connectivity index (χ1n) is 8.03. The molecule has 1 saturated heterocycles. The van der Waals surface area contributed by atoms with Crippen LogP contribution in [0.2, 0.25) is 0 Å². The average molecular weight is 333 g/mol. The van der Waals surface area contributed by atoms with Gasteiger partial charge in [-0.1, -0.05) is 17.3 Å². The number of hydrogen-bond acceptors (Lipinski definition) is 5. The van der Waals surface area contributed by atoms with Crippen LogP contribution in [0.4, 0.5) is 4.39 Å². The third-order valence-corrected chi connectivity index (χ3v) is 3.89. The number of rotatable bonds is 6. The highest BCUT2D eigenvalue weighted by atomic mass is 19.1. The summed E-state index contributed by atoms with van der Waals surface area (Å²) in [4.78, 5) is 14.4. The summed E-state index contributed by atoms with van der Waals surface area (Å²) in [5.41, 5.74) is 1.01. The number of nitrogens with zero attached hydrogens (tertiary/aromatic N) is 2. The zero-order valence-corrected chi connectivity index (χ0v) is 13.3. The zero-order chi connectivity index (χ0) is 16.8. The molecule has 7 heteroatoms. The predicted molar refractivity (Wildman–Crippen MR) is 86.1 cm³/mol. The van der Waals surface area contributed by atoms with Crippen LogP contribution in [-0.4, -0.2) is 55.4 Å². The highest BCUT2D eigenvalue weighted by Gasteiger charge is 2.14. The molecule has 0 bridgehead atoms. The number of hydrogen-bond donors (Lipinski definition) is 1. The second kappa shape index (κ2) is 8.03. The molecule has 6 nitrogen and oxygen atoms in total. The molecule has 1 fully saturated rings. The molecular formula is C17H20FN3O3. The van der Waals surface area contributed by atoms with Gasteiger partial charge in [0, 0.05) is 31.3 Å².